The van der Waals surface area contributed by atoms with Gasteiger partial charge < -0.3 is 10.1 Å². The van der Waals surface area contributed by atoms with Crippen LogP contribution in [-0.2, 0) is 4.74 Å². The zero-order chi connectivity index (χ0) is 11.9. The van der Waals surface area contributed by atoms with Crippen molar-refractivity contribution >= 4 is 0 Å². The first kappa shape index (κ1) is 13.4. The van der Waals surface area contributed by atoms with Crippen molar-refractivity contribution in [2.75, 3.05) is 13.2 Å². The Bertz CT molecular complexity index is 199. The van der Waals surface area contributed by atoms with Crippen LogP contribution in [0.2, 0.25) is 0 Å². The molecule has 1 heterocycles. The summed E-state index contributed by atoms with van der Waals surface area (Å²) in [6.45, 7) is 4.41. The Balaban J connectivity index is 1.68. The highest BCUT2D eigenvalue weighted by Crippen LogP contribution is 2.23. The van der Waals surface area contributed by atoms with Gasteiger partial charge in [-0.15, -0.1) is 0 Å². The average Bonchev–Trinajstić information content (AvgIpc) is 2.75. The average molecular weight is 239 g/mol. The molecule has 1 saturated heterocycles. The SMILES string of the molecule is CCC1OCCC1CNC1CCCCCCC1. The molecule has 0 amide bonds. The van der Waals surface area contributed by atoms with Crippen molar-refractivity contribution in [1.29, 1.82) is 0 Å². The van der Waals surface area contributed by atoms with Crippen LogP contribution in [0.15, 0.2) is 0 Å². The first-order valence-electron chi connectivity index (χ1n) is 7.75. The largest absolute Gasteiger partial charge is 0.378 e. The van der Waals surface area contributed by atoms with E-state index in [-0.39, 0.29) is 0 Å². The topological polar surface area (TPSA) is 21.3 Å². The summed E-state index contributed by atoms with van der Waals surface area (Å²) in [5.41, 5.74) is 0. The maximum absolute atomic E-state index is 5.76. The van der Waals surface area contributed by atoms with Crippen molar-refractivity contribution in [3.05, 3.63) is 0 Å². The first-order chi connectivity index (χ1) is 8.40. The summed E-state index contributed by atoms with van der Waals surface area (Å²) < 4.78 is 5.76. The number of nitrogens with one attached hydrogen (secondary N) is 1. The third-order valence-corrected chi connectivity index (χ3v) is 4.52. The fourth-order valence-electron chi connectivity index (χ4n) is 3.36. The van der Waals surface area contributed by atoms with Crippen molar-refractivity contribution < 1.29 is 4.74 Å². The highest BCUT2D eigenvalue weighted by molar-refractivity contribution is 4.79. The lowest BCUT2D eigenvalue weighted by Gasteiger charge is -2.24. The summed E-state index contributed by atoms with van der Waals surface area (Å²) in [6, 6.07) is 0.786. The van der Waals surface area contributed by atoms with E-state index in [0.29, 0.717) is 6.10 Å². The van der Waals surface area contributed by atoms with Gasteiger partial charge in [-0.25, -0.2) is 0 Å². The molecule has 0 aromatic carbocycles. The van der Waals surface area contributed by atoms with E-state index < -0.39 is 0 Å². The van der Waals surface area contributed by atoms with Crippen LogP contribution in [0.3, 0.4) is 0 Å². The third kappa shape index (κ3) is 4.26. The fraction of sp³-hybridized carbons (Fsp3) is 1.00. The lowest BCUT2D eigenvalue weighted by atomic mass is 9.95. The van der Waals surface area contributed by atoms with Gasteiger partial charge in [0.2, 0.25) is 0 Å². The van der Waals surface area contributed by atoms with E-state index in [1.165, 1.54) is 64.3 Å². The molecule has 2 nitrogen and oxygen atoms in total. The fourth-order valence-corrected chi connectivity index (χ4v) is 3.36. The summed E-state index contributed by atoms with van der Waals surface area (Å²) in [7, 11) is 0. The second-order valence-corrected chi connectivity index (χ2v) is 5.82. The van der Waals surface area contributed by atoms with Crippen LogP contribution in [0.1, 0.15) is 64.7 Å². The molecule has 2 fully saturated rings. The Hall–Kier alpha value is -0.0800. The Morgan fingerprint density at radius 3 is 2.41 bits per heavy atom. The number of hydrogen-bond donors (Lipinski definition) is 1. The molecule has 0 bridgehead atoms. The molecule has 1 saturated carbocycles. The Morgan fingerprint density at radius 1 is 1.00 bits per heavy atom. The van der Waals surface area contributed by atoms with Crippen molar-refractivity contribution in [2.24, 2.45) is 5.92 Å². The van der Waals surface area contributed by atoms with Crippen LogP contribution in [0.5, 0.6) is 0 Å². The monoisotopic (exact) mass is 239 g/mol. The molecule has 1 N–H and O–H groups in total. The molecule has 2 atom stereocenters. The molecule has 1 aliphatic carbocycles. The summed E-state index contributed by atoms with van der Waals surface area (Å²) >= 11 is 0. The van der Waals surface area contributed by atoms with Crippen LogP contribution in [0.25, 0.3) is 0 Å². The molecule has 0 radical (unpaired) electrons. The van der Waals surface area contributed by atoms with E-state index in [2.05, 4.69) is 12.2 Å². The molecule has 2 rings (SSSR count). The zero-order valence-electron chi connectivity index (χ0n) is 11.4. The van der Waals surface area contributed by atoms with Crippen molar-refractivity contribution in [1.82, 2.24) is 5.32 Å². The smallest absolute Gasteiger partial charge is 0.0613 e. The van der Waals surface area contributed by atoms with Gasteiger partial charge in [0.25, 0.3) is 0 Å². The van der Waals surface area contributed by atoms with Gasteiger partial charge in [0.15, 0.2) is 0 Å². The van der Waals surface area contributed by atoms with Gasteiger partial charge in [0.1, 0.15) is 0 Å². The highest BCUT2D eigenvalue weighted by atomic mass is 16.5. The minimum atomic E-state index is 0.524. The number of hydrogen-bond acceptors (Lipinski definition) is 2. The van der Waals surface area contributed by atoms with Gasteiger partial charge in [0.05, 0.1) is 6.10 Å². The summed E-state index contributed by atoms with van der Waals surface area (Å²) in [5, 5.41) is 3.82. The molecule has 100 valence electrons. The molecule has 2 aliphatic rings. The number of ether oxygens (including phenoxy) is 1. The normalized spacial score (nSPS) is 32.3. The minimum Gasteiger partial charge on any atom is -0.378 e. The summed E-state index contributed by atoms with van der Waals surface area (Å²) in [4.78, 5) is 0. The van der Waals surface area contributed by atoms with Crippen LogP contribution in [-0.4, -0.2) is 25.3 Å². The van der Waals surface area contributed by atoms with E-state index in [9.17, 15) is 0 Å². The van der Waals surface area contributed by atoms with Gasteiger partial charge in [-0.05, 0) is 31.6 Å². The van der Waals surface area contributed by atoms with E-state index >= 15 is 0 Å². The quantitative estimate of drug-likeness (QED) is 0.810. The molecular formula is C15H29NO. The Morgan fingerprint density at radius 2 is 1.71 bits per heavy atom. The summed E-state index contributed by atoms with van der Waals surface area (Å²) in [6.07, 6.45) is 13.0. The van der Waals surface area contributed by atoms with Gasteiger partial charge in [0, 0.05) is 19.2 Å². The maximum atomic E-state index is 5.76. The van der Waals surface area contributed by atoms with Crippen molar-refractivity contribution in [3.63, 3.8) is 0 Å². The molecule has 2 heteroatoms. The predicted molar refractivity (Wildman–Crippen MR) is 72.2 cm³/mol. The van der Waals surface area contributed by atoms with Gasteiger partial charge in [-0.2, -0.15) is 0 Å². The van der Waals surface area contributed by atoms with E-state index in [1.807, 2.05) is 0 Å². The van der Waals surface area contributed by atoms with Gasteiger partial charge in [-0.3, -0.25) is 0 Å². The van der Waals surface area contributed by atoms with E-state index in [4.69, 9.17) is 4.74 Å². The lowest BCUT2D eigenvalue weighted by Crippen LogP contribution is -2.36. The molecule has 0 aromatic rings. The molecule has 17 heavy (non-hydrogen) atoms. The van der Waals surface area contributed by atoms with Gasteiger partial charge >= 0.3 is 0 Å². The van der Waals surface area contributed by atoms with Gasteiger partial charge in [-0.1, -0.05) is 39.0 Å². The molecule has 0 aromatic heterocycles. The van der Waals surface area contributed by atoms with Crippen molar-refractivity contribution in [3.8, 4) is 0 Å². The van der Waals surface area contributed by atoms with Crippen LogP contribution in [0.4, 0.5) is 0 Å². The highest BCUT2D eigenvalue weighted by Gasteiger charge is 2.26. The second kappa shape index (κ2) is 7.38. The predicted octanol–water partition coefficient (Wildman–Crippen LogP) is 3.50. The number of rotatable bonds is 4. The van der Waals surface area contributed by atoms with Crippen molar-refractivity contribution in [2.45, 2.75) is 76.9 Å². The standard InChI is InChI=1S/C15H29NO/c1-2-15-13(10-11-17-15)12-16-14-8-6-4-3-5-7-9-14/h13-16H,2-12H2,1H3. The molecule has 0 spiro atoms. The second-order valence-electron chi connectivity index (χ2n) is 5.82. The van der Waals surface area contributed by atoms with Crippen LogP contribution in [0, 0.1) is 5.92 Å². The van der Waals surface area contributed by atoms with Crippen LogP contribution >= 0.6 is 0 Å². The molecule has 1 aliphatic heterocycles. The van der Waals surface area contributed by atoms with Crippen LogP contribution < -0.4 is 5.32 Å². The summed E-state index contributed by atoms with van der Waals surface area (Å²) in [5.74, 6) is 0.769. The molecular weight excluding hydrogens is 210 g/mol. The zero-order valence-corrected chi connectivity index (χ0v) is 11.4. The Kier molecular flexibility index (Phi) is 5.79. The molecule has 2 unspecified atom stereocenters. The third-order valence-electron chi connectivity index (χ3n) is 4.52. The maximum Gasteiger partial charge on any atom is 0.0613 e. The Labute approximate surface area is 107 Å². The lowest BCUT2D eigenvalue weighted by molar-refractivity contribution is 0.0863. The van der Waals surface area contributed by atoms with E-state index in [0.717, 1.165) is 18.6 Å². The first-order valence-corrected chi connectivity index (χ1v) is 7.75. The van der Waals surface area contributed by atoms with E-state index in [1.54, 1.807) is 0 Å². The minimum absolute atomic E-state index is 0.524.